The zero-order valence-electron chi connectivity index (χ0n) is 14.8. The fourth-order valence-electron chi connectivity index (χ4n) is 3.33. The number of ether oxygens (including phenoxy) is 2. The van der Waals surface area contributed by atoms with Gasteiger partial charge >= 0.3 is 0 Å². The maximum Gasteiger partial charge on any atom is 0.250 e. The average Bonchev–Trinajstić information content (AvgIpc) is 2.62. The van der Waals surface area contributed by atoms with Gasteiger partial charge in [0.15, 0.2) is 0 Å². The number of halogens is 2. The first kappa shape index (κ1) is 18.5. The molecule has 6 heteroatoms. The summed E-state index contributed by atoms with van der Waals surface area (Å²) in [5.74, 6) is -1.62. The van der Waals surface area contributed by atoms with Crippen LogP contribution in [0.4, 0.5) is 8.78 Å². The van der Waals surface area contributed by atoms with Gasteiger partial charge in [-0.3, -0.25) is 9.80 Å². The van der Waals surface area contributed by atoms with Crippen LogP contribution in [0.2, 0.25) is 0 Å². The van der Waals surface area contributed by atoms with E-state index < -0.39 is 5.92 Å². The molecule has 4 nitrogen and oxygen atoms in total. The lowest BCUT2D eigenvalue weighted by atomic mass is 10.1. The van der Waals surface area contributed by atoms with Gasteiger partial charge in [0, 0.05) is 52.1 Å². The molecule has 2 heterocycles. The zero-order valence-corrected chi connectivity index (χ0v) is 14.8. The molecule has 0 N–H and O–H groups in total. The van der Waals surface area contributed by atoms with Crippen molar-refractivity contribution < 1.29 is 18.3 Å². The van der Waals surface area contributed by atoms with E-state index in [0.29, 0.717) is 26.2 Å². The molecule has 0 saturated carbocycles. The predicted octanol–water partition coefficient (Wildman–Crippen LogP) is 3.02. The van der Waals surface area contributed by atoms with E-state index in [4.69, 9.17) is 9.47 Å². The number of morpholine rings is 1. The van der Waals surface area contributed by atoms with Crippen molar-refractivity contribution in [3.63, 3.8) is 0 Å². The van der Waals surface area contributed by atoms with Gasteiger partial charge in [-0.1, -0.05) is 12.1 Å². The molecule has 2 fully saturated rings. The van der Waals surface area contributed by atoms with Crippen LogP contribution in [-0.4, -0.2) is 68.3 Å². The lowest BCUT2D eigenvalue weighted by Crippen LogP contribution is -2.38. The molecular weight excluding hydrogens is 326 g/mol. The fourth-order valence-corrected chi connectivity index (χ4v) is 3.33. The molecule has 25 heavy (non-hydrogen) atoms. The zero-order chi connectivity index (χ0) is 17.5. The van der Waals surface area contributed by atoms with Gasteiger partial charge < -0.3 is 9.47 Å². The largest absolute Gasteiger partial charge is 0.494 e. The third-order valence-corrected chi connectivity index (χ3v) is 4.88. The van der Waals surface area contributed by atoms with Crippen LogP contribution in [0.3, 0.4) is 0 Å². The molecule has 0 bridgehead atoms. The average molecular weight is 354 g/mol. The van der Waals surface area contributed by atoms with Gasteiger partial charge in [-0.15, -0.1) is 0 Å². The Bertz CT molecular complexity index is 526. The van der Waals surface area contributed by atoms with E-state index >= 15 is 0 Å². The molecule has 1 aromatic rings. The van der Waals surface area contributed by atoms with Crippen LogP contribution in [0.25, 0.3) is 0 Å². The summed E-state index contributed by atoms with van der Waals surface area (Å²) in [5.41, 5.74) is 1.12. The molecule has 140 valence electrons. The summed E-state index contributed by atoms with van der Waals surface area (Å²) in [4.78, 5) is 4.49. The van der Waals surface area contributed by atoms with E-state index in [1.807, 2.05) is 24.3 Å². The molecular formula is C19H28F2N2O2. The van der Waals surface area contributed by atoms with E-state index in [9.17, 15) is 8.78 Å². The normalized spacial score (nSPS) is 22.0. The molecule has 0 radical (unpaired) electrons. The van der Waals surface area contributed by atoms with Crippen LogP contribution in [0.5, 0.6) is 5.75 Å². The first-order valence-corrected chi connectivity index (χ1v) is 9.23. The predicted molar refractivity (Wildman–Crippen MR) is 93.3 cm³/mol. The highest BCUT2D eigenvalue weighted by Crippen LogP contribution is 2.28. The van der Waals surface area contributed by atoms with Crippen molar-refractivity contribution in [3.8, 4) is 5.75 Å². The molecule has 0 unspecified atom stereocenters. The Morgan fingerprint density at radius 3 is 2.56 bits per heavy atom. The first-order chi connectivity index (χ1) is 12.1. The lowest BCUT2D eigenvalue weighted by molar-refractivity contribution is -0.0566. The topological polar surface area (TPSA) is 24.9 Å². The molecule has 0 aromatic heterocycles. The van der Waals surface area contributed by atoms with Crippen molar-refractivity contribution in [1.29, 1.82) is 0 Å². The van der Waals surface area contributed by atoms with Crippen LogP contribution < -0.4 is 4.74 Å². The maximum absolute atomic E-state index is 13.2. The third kappa shape index (κ3) is 6.20. The van der Waals surface area contributed by atoms with Crippen molar-refractivity contribution in [2.45, 2.75) is 31.7 Å². The Hall–Kier alpha value is -1.24. The fraction of sp³-hybridized carbons (Fsp3) is 0.684. The van der Waals surface area contributed by atoms with Crippen LogP contribution in [0.1, 0.15) is 24.8 Å². The van der Waals surface area contributed by atoms with Crippen molar-refractivity contribution in [3.05, 3.63) is 29.8 Å². The number of benzene rings is 1. The highest BCUT2D eigenvalue weighted by atomic mass is 19.3. The van der Waals surface area contributed by atoms with Crippen molar-refractivity contribution in [2.24, 2.45) is 0 Å². The standard InChI is InChI=1S/C19H28F2N2O2/c20-19(21)5-8-23(9-6-19)16-17-3-1-4-18(15-17)25-12-2-7-22-10-13-24-14-11-22/h1,3-4,15H,2,5-14,16H2. The second-order valence-corrected chi connectivity index (χ2v) is 6.94. The highest BCUT2D eigenvalue weighted by molar-refractivity contribution is 5.28. The van der Waals surface area contributed by atoms with E-state index in [-0.39, 0.29) is 12.8 Å². The molecule has 0 spiro atoms. The number of nitrogens with zero attached hydrogens (tertiary/aromatic N) is 2. The van der Waals surface area contributed by atoms with E-state index in [1.54, 1.807) is 0 Å². The van der Waals surface area contributed by atoms with Crippen LogP contribution in [0.15, 0.2) is 24.3 Å². The summed E-state index contributed by atoms with van der Waals surface area (Å²) in [6.45, 7) is 7.00. The van der Waals surface area contributed by atoms with Gasteiger partial charge in [0.2, 0.25) is 0 Å². The second-order valence-electron chi connectivity index (χ2n) is 6.94. The smallest absolute Gasteiger partial charge is 0.250 e. The van der Waals surface area contributed by atoms with Crippen LogP contribution in [0, 0.1) is 0 Å². The minimum atomic E-state index is -2.48. The molecule has 3 rings (SSSR count). The van der Waals surface area contributed by atoms with Crippen LogP contribution >= 0.6 is 0 Å². The van der Waals surface area contributed by atoms with Gasteiger partial charge in [0.1, 0.15) is 5.75 Å². The Balaban J connectivity index is 1.39. The van der Waals surface area contributed by atoms with Gasteiger partial charge in [0.25, 0.3) is 5.92 Å². The molecule has 1 aromatic carbocycles. The van der Waals surface area contributed by atoms with Crippen molar-refractivity contribution >= 4 is 0 Å². The summed E-state index contributed by atoms with van der Waals surface area (Å²) in [5, 5.41) is 0. The van der Waals surface area contributed by atoms with Gasteiger partial charge in [-0.2, -0.15) is 0 Å². The summed E-state index contributed by atoms with van der Waals surface area (Å²) in [6, 6.07) is 8.00. The Morgan fingerprint density at radius 1 is 1.04 bits per heavy atom. The van der Waals surface area contributed by atoms with E-state index in [1.165, 1.54) is 0 Å². The molecule has 0 aliphatic carbocycles. The summed E-state index contributed by atoms with van der Waals surface area (Å²) < 4.78 is 37.7. The van der Waals surface area contributed by atoms with Gasteiger partial charge in [-0.05, 0) is 24.1 Å². The molecule has 0 amide bonds. The number of piperidine rings is 1. The minimum absolute atomic E-state index is 0.0370. The molecule has 2 aliphatic rings. The molecule has 2 aliphatic heterocycles. The minimum Gasteiger partial charge on any atom is -0.494 e. The van der Waals surface area contributed by atoms with E-state index in [0.717, 1.165) is 50.6 Å². The highest BCUT2D eigenvalue weighted by Gasteiger charge is 2.33. The Kier molecular flexibility index (Phi) is 6.62. The van der Waals surface area contributed by atoms with Gasteiger partial charge in [-0.25, -0.2) is 8.78 Å². The maximum atomic E-state index is 13.2. The van der Waals surface area contributed by atoms with Gasteiger partial charge in [0.05, 0.1) is 19.8 Å². The first-order valence-electron chi connectivity index (χ1n) is 9.23. The number of hydrogen-bond donors (Lipinski definition) is 0. The lowest BCUT2D eigenvalue weighted by Gasteiger charge is -2.31. The Morgan fingerprint density at radius 2 is 1.80 bits per heavy atom. The number of alkyl halides is 2. The Labute approximate surface area is 148 Å². The van der Waals surface area contributed by atoms with E-state index in [2.05, 4.69) is 9.80 Å². The third-order valence-electron chi connectivity index (χ3n) is 4.88. The number of rotatable bonds is 7. The number of hydrogen-bond acceptors (Lipinski definition) is 4. The SMILES string of the molecule is FC1(F)CCN(Cc2cccc(OCCCN3CCOCC3)c2)CC1. The van der Waals surface area contributed by atoms with Crippen LogP contribution in [-0.2, 0) is 11.3 Å². The second kappa shape index (κ2) is 8.92. The molecule has 0 atom stereocenters. The summed E-state index contributed by atoms with van der Waals surface area (Å²) in [7, 11) is 0. The monoisotopic (exact) mass is 354 g/mol. The molecule has 2 saturated heterocycles. The quantitative estimate of drug-likeness (QED) is 0.703. The van der Waals surface area contributed by atoms with Crippen molar-refractivity contribution in [1.82, 2.24) is 9.80 Å². The number of likely N-dealkylation sites (tertiary alicyclic amines) is 1. The summed E-state index contributed by atoms with van der Waals surface area (Å²) >= 11 is 0. The van der Waals surface area contributed by atoms with Crippen molar-refractivity contribution in [2.75, 3.05) is 52.5 Å². The summed E-state index contributed by atoms with van der Waals surface area (Å²) in [6.07, 6.45) is 0.918.